The van der Waals surface area contributed by atoms with Gasteiger partial charge in [-0.2, -0.15) is 120 Å². The standard InChI is InChI=1S/2C16H18N2S.2C14H22N2S.4C7H7.2Zr/c2*1-12-8-7-9-13(2)15(12)18-16(19-3)17-14-10-5-4-6-11-14;2*1-5-6-10-15-14(17-4)16-13-11(2)8-7-9-12(13)3;4*1-7-5-3-2-4-6-7;;/h2*4-11,16H,1-3H3;2*7-9,14H,5-6,10H2,1-4H3;4*2-6H,1H2;;/q4*-2;4*-1;;. The first kappa shape index (κ1) is 93.6. The molecule has 0 aliphatic heterocycles. The molecule has 0 saturated heterocycles. The van der Waals surface area contributed by atoms with Crippen molar-refractivity contribution >= 4 is 81.2 Å². The molecule has 544 valence electrons. The van der Waals surface area contributed by atoms with Crippen LogP contribution in [0.3, 0.4) is 0 Å². The van der Waals surface area contributed by atoms with Gasteiger partial charge in [0.05, 0.1) is 0 Å². The van der Waals surface area contributed by atoms with Crippen molar-refractivity contribution in [3.05, 3.63) is 392 Å². The number of hydrogen-bond donors (Lipinski definition) is 0. The predicted molar refractivity (Wildman–Crippen MR) is 454 cm³/mol. The number of unbranched alkanes of at least 4 members (excludes halogenated alkanes) is 2. The molecule has 10 rings (SSSR count). The molecule has 0 aliphatic carbocycles. The van der Waals surface area contributed by atoms with Crippen LogP contribution in [0, 0.1) is 83.1 Å². The molecule has 0 spiro atoms. The molecule has 0 bridgehead atoms. The summed E-state index contributed by atoms with van der Waals surface area (Å²) in [5.41, 5.74) is 20.2. The molecule has 0 heterocycles. The van der Waals surface area contributed by atoms with Gasteiger partial charge in [0.25, 0.3) is 0 Å². The van der Waals surface area contributed by atoms with E-state index < -0.39 is 0 Å². The third-order valence-corrected chi connectivity index (χ3v) is 17.2. The van der Waals surface area contributed by atoms with Crippen LogP contribution in [-0.2, 0) is 52.4 Å². The maximum absolute atomic E-state index is 4.77. The van der Waals surface area contributed by atoms with Gasteiger partial charge in [-0.05, 0) is 80.4 Å². The van der Waals surface area contributed by atoms with Crippen molar-refractivity contribution in [2.75, 3.05) is 38.1 Å². The number of thioether (sulfide) groups is 4. The molecule has 0 aromatic heterocycles. The minimum atomic E-state index is -0.0952. The summed E-state index contributed by atoms with van der Waals surface area (Å²) in [6, 6.07) is 84.5. The maximum atomic E-state index is 4.77. The Bertz CT molecular complexity index is 3260. The molecular formula is C88H108N8S4Zr2-12. The Morgan fingerprint density at radius 1 is 0.255 bits per heavy atom. The Kier molecular flexibility index (Phi) is 53.1. The van der Waals surface area contributed by atoms with Crippen LogP contribution in [0.2, 0.25) is 0 Å². The number of benzene rings is 10. The van der Waals surface area contributed by atoms with Crippen LogP contribution in [-0.4, -0.2) is 60.1 Å². The first-order valence-electron chi connectivity index (χ1n) is 33.9. The molecule has 0 aliphatic rings. The van der Waals surface area contributed by atoms with Gasteiger partial charge in [-0.3, -0.25) is 0 Å². The molecular weight excluding hydrogens is 1480 g/mol. The summed E-state index contributed by atoms with van der Waals surface area (Å²) in [7, 11) is 0. The summed E-state index contributed by atoms with van der Waals surface area (Å²) in [5.74, 6) is 0. The van der Waals surface area contributed by atoms with Crippen molar-refractivity contribution in [3.8, 4) is 0 Å². The zero-order chi connectivity index (χ0) is 73.1. The molecule has 10 aromatic rings. The predicted octanol–water partition coefficient (Wildman–Crippen LogP) is 29.0. The summed E-state index contributed by atoms with van der Waals surface area (Å²) in [6.45, 7) is 37.9. The van der Waals surface area contributed by atoms with Gasteiger partial charge in [0.2, 0.25) is 0 Å². The van der Waals surface area contributed by atoms with Gasteiger partial charge in [-0.25, -0.2) is 47.0 Å². The van der Waals surface area contributed by atoms with E-state index in [2.05, 4.69) is 204 Å². The van der Waals surface area contributed by atoms with Gasteiger partial charge in [0.15, 0.2) is 0 Å². The molecule has 0 saturated carbocycles. The second-order valence-corrected chi connectivity index (χ2v) is 26.7. The van der Waals surface area contributed by atoms with E-state index in [1.165, 1.54) is 57.3 Å². The normalized spacial score (nSPS) is 11.0. The van der Waals surface area contributed by atoms with Crippen LogP contribution in [0.4, 0.5) is 34.1 Å². The zero-order valence-electron chi connectivity index (χ0n) is 62.8. The number of rotatable bonds is 24. The van der Waals surface area contributed by atoms with E-state index in [1.54, 1.807) is 47.0 Å². The van der Waals surface area contributed by atoms with Crippen molar-refractivity contribution in [1.29, 1.82) is 0 Å². The average molecular weight is 1590 g/mol. The number of aryl methyl sites for hydroxylation is 8. The molecule has 4 atom stereocenters. The first-order chi connectivity index (χ1) is 48.4. The Morgan fingerprint density at radius 3 is 0.608 bits per heavy atom. The van der Waals surface area contributed by atoms with Gasteiger partial charge >= 0.3 is 0 Å². The number of nitrogens with zero attached hydrogens (tertiary/aromatic N) is 8. The summed E-state index contributed by atoms with van der Waals surface area (Å²) in [4.78, 5) is 0. The van der Waals surface area contributed by atoms with Gasteiger partial charge in [0.1, 0.15) is 0 Å². The first-order valence-corrected chi connectivity index (χ1v) is 39.0. The number of para-hydroxylation sites is 6. The zero-order valence-corrected chi connectivity index (χ0v) is 71.0. The van der Waals surface area contributed by atoms with E-state index in [-0.39, 0.29) is 74.4 Å². The monoisotopic (exact) mass is 1580 g/mol. The quantitative estimate of drug-likeness (QED) is 0.0443. The van der Waals surface area contributed by atoms with E-state index in [4.69, 9.17) is 21.3 Å². The van der Waals surface area contributed by atoms with Gasteiger partial charge in [0, 0.05) is 52.4 Å². The fourth-order valence-electron chi connectivity index (χ4n) is 9.00. The Labute approximate surface area is 674 Å². The molecule has 0 radical (unpaired) electrons. The minimum Gasteiger partial charge on any atom is -0.691 e. The fourth-order valence-corrected chi connectivity index (χ4v) is 10.8. The second kappa shape index (κ2) is 57.9. The van der Waals surface area contributed by atoms with E-state index in [9.17, 15) is 0 Å². The Hall–Kier alpha value is -6.43. The average Bonchev–Trinajstić information content (AvgIpc) is 0.882. The van der Waals surface area contributed by atoms with E-state index in [0.29, 0.717) is 0 Å². The van der Waals surface area contributed by atoms with Crippen molar-refractivity contribution in [2.45, 2.75) is 117 Å². The van der Waals surface area contributed by atoms with Crippen molar-refractivity contribution in [1.82, 2.24) is 0 Å². The summed E-state index contributed by atoms with van der Waals surface area (Å²) < 4.78 is 0. The third kappa shape index (κ3) is 41.2. The van der Waals surface area contributed by atoms with E-state index >= 15 is 0 Å². The molecule has 10 aromatic carbocycles. The largest absolute Gasteiger partial charge is 0.691 e. The maximum Gasteiger partial charge on any atom is 0 e. The summed E-state index contributed by atoms with van der Waals surface area (Å²) in [6.07, 6.45) is 12.9. The Balaban J connectivity index is 0.000000600. The Morgan fingerprint density at radius 2 is 0.441 bits per heavy atom. The SMILES string of the molecule is CCCC[N-]C([N-]c1c(C)cccc1C)SC.CCCC[N-]C([N-]c1c(C)cccc1C)SC.CSC([N-]c1ccccc1)[N-]c1c(C)cccc1C.CSC([N-]c1ccccc1)[N-]c1c(C)cccc1C.[CH2-]c1ccccc1.[CH2-]c1ccccc1.[CH2-]c1ccccc1.[CH2-]c1ccccc1.[Zr].[Zr]. The minimum absolute atomic E-state index is 0. The number of hydrogen-bond acceptors (Lipinski definition) is 4. The van der Waals surface area contributed by atoms with E-state index in [0.717, 1.165) is 82.3 Å². The van der Waals surface area contributed by atoms with Crippen LogP contribution in [0.15, 0.2) is 255 Å². The van der Waals surface area contributed by atoms with Crippen LogP contribution in [0.25, 0.3) is 42.5 Å². The second-order valence-electron chi connectivity index (χ2n) is 23.1. The van der Waals surface area contributed by atoms with E-state index in [1.807, 2.05) is 195 Å². The molecule has 0 N–H and O–H groups in total. The van der Waals surface area contributed by atoms with Gasteiger partial charge in [-0.15, -0.1) is 95.7 Å². The van der Waals surface area contributed by atoms with Crippen LogP contribution >= 0.6 is 47.0 Å². The summed E-state index contributed by atoms with van der Waals surface area (Å²) in [5, 5.41) is 37.5. The van der Waals surface area contributed by atoms with Crippen molar-refractivity contribution in [3.63, 3.8) is 0 Å². The molecule has 102 heavy (non-hydrogen) atoms. The summed E-state index contributed by atoms with van der Waals surface area (Å²) >= 11 is 6.69. The fraction of sp³-hybridized carbons (Fsp3) is 0.273. The van der Waals surface area contributed by atoms with Crippen LogP contribution in [0.5, 0.6) is 0 Å². The topological polar surface area (TPSA) is 113 Å². The molecule has 0 amide bonds. The van der Waals surface area contributed by atoms with Crippen molar-refractivity contribution < 1.29 is 52.4 Å². The third-order valence-electron chi connectivity index (χ3n) is 14.6. The van der Waals surface area contributed by atoms with Crippen molar-refractivity contribution in [2.24, 2.45) is 0 Å². The molecule has 0 fully saturated rings. The van der Waals surface area contributed by atoms with Crippen LogP contribution in [0.1, 0.15) is 106 Å². The van der Waals surface area contributed by atoms with Gasteiger partial charge in [-0.1, -0.05) is 242 Å². The molecule has 14 heteroatoms. The smallest absolute Gasteiger partial charge is 0 e. The molecule has 8 nitrogen and oxygen atoms in total. The molecule has 4 unspecified atom stereocenters. The van der Waals surface area contributed by atoms with Gasteiger partial charge < -0.3 is 42.5 Å². The van der Waals surface area contributed by atoms with Crippen LogP contribution < -0.4 is 0 Å².